The largest absolute Gasteiger partial charge is 0.322 e. The van der Waals surface area contributed by atoms with Gasteiger partial charge in [0, 0.05) is 11.6 Å². The third kappa shape index (κ3) is 6.29. The van der Waals surface area contributed by atoms with Crippen molar-refractivity contribution in [1.82, 2.24) is 14.5 Å². The lowest BCUT2D eigenvalue weighted by atomic mass is 10.1. The molecule has 0 aliphatic heterocycles. The number of amides is 2. The molecule has 8 heteroatoms. The monoisotopic (exact) mass is 584 g/mol. The van der Waals surface area contributed by atoms with Crippen LogP contribution in [0.25, 0.3) is 16.6 Å². The van der Waals surface area contributed by atoms with E-state index in [0.717, 1.165) is 17.5 Å². The van der Waals surface area contributed by atoms with Gasteiger partial charge in [-0.25, -0.2) is 9.78 Å². The number of fused-ring (bicyclic) bond motifs is 1. The summed E-state index contributed by atoms with van der Waals surface area (Å²) >= 11 is 12.5. The van der Waals surface area contributed by atoms with Gasteiger partial charge in [-0.1, -0.05) is 84.7 Å². The van der Waals surface area contributed by atoms with Crippen molar-refractivity contribution in [2.24, 2.45) is 0 Å². The number of carbonyl (C=O) groups excluding carboxylic acids is 1. The molecule has 41 heavy (non-hydrogen) atoms. The van der Waals surface area contributed by atoms with Crippen molar-refractivity contribution >= 4 is 45.8 Å². The number of anilines is 1. The number of urea groups is 1. The van der Waals surface area contributed by atoms with E-state index >= 15 is 0 Å². The fraction of sp³-hybridized carbons (Fsp3) is 0.182. The van der Waals surface area contributed by atoms with Gasteiger partial charge < -0.3 is 10.2 Å². The lowest BCUT2D eigenvalue weighted by Crippen LogP contribution is -2.41. The Bertz CT molecular complexity index is 1740. The lowest BCUT2D eigenvalue weighted by Gasteiger charge is -2.31. The summed E-state index contributed by atoms with van der Waals surface area (Å²) in [7, 11) is 0. The number of aromatic nitrogens is 2. The summed E-state index contributed by atoms with van der Waals surface area (Å²) in [6.45, 7) is 4.35. The number of aryl methyl sites for hydroxylation is 1. The van der Waals surface area contributed by atoms with Gasteiger partial charge in [0.25, 0.3) is 5.56 Å². The topological polar surface area (TPSA) is 67.2 Å². The van der Waals surface area contributed by atoms with E-state index in [-0.39, 0.29) is 11.6 Å². The maximum Gasteiger partial charge on any atom is 0.322 e. The van der Waals surface area contributed by atoms with Crippen molar-refractivity contribution < 1.29 is 4.79 Å². The number of benzene rings is 4. The highest BCUT2D eigenvalue weighted by atomic mass is 35.5. The molecule has 1 unspecified atom stereocenters. The molecule has 0 saturated carbocycles. The average molecular weight is 586 g/mol. The van der Waals surface area contributed by atoms with Crippen molar-refractivity contribution in [3.63, 3.8) is 0 Å². The first kappa shape index (κ1) is 28.4. The van der Waals surface area contributed by atoms with Crippen LogP contribution in [-0.2, 0) is 12.8 Å². The van der Waals surface area contributed by atoms with E-state index in [4.69, 9.17) is 28.2 Å². The number of carbonyl (C=O) groups is 1. The fourth-order valence-corrected chi connectivity index (χ4v) is 5.30. The zero-order valence-electron chi connectivity index (χ0n) is 22.9. The Kier molecular flexibility index (Phi) is 8.72. The minimum Gasteiger partial charge on any atom is -0.314 e. The van der Waals surface area contributed by atoms with Gasteiger partial charge in [-0.05, 0) is 73.4 Å². The molecule has 6 nitrogen and oxygen atoms in total. The molecule has 1 heterocycles. The van der Waals surface area contributed by atoms with Gasteiger partial charge in [0.2, 0.25) is 0 Å². The summed E-state index contributed by atoms with van der Waals surface area (Å²) in [5.74, 6) is 0.461. The van der Waals surface area contributed by atoms with Gasteiger partial charge in [-0.2, -0.15) is 0 Å². The van der Waals surface area contributed by atoms with Gasteiger partial charge >= 0.3 is 6.03 Å². The Hall–Kier alpha value is -4.13. The maximum absolute atomic E-state index is 13.9. The van der Waals surface area contributed by atoms with Crippen LogP contribution < -0.4 is 10.9 Å². The first-order valence-electron chi connectivity index (χ1n) is 13.5. The molecule has 5 aromatic rings. The Morgan fingerprint density at radius 3 is 2.34 bits per heavy atom. The minimum atomic E-state index is -0.576. The van der Waals surface area contributed by atoms with Crippen molar-refractivity contribution in [3.8, 4) is 5.69 Å². The summed E-state index contributed by atoms with van der Waals surface area (Å²) < 4.78 is 1.62. The van der Waals surface area contributed by atoms with E-state index in [2.05, 4.69) is 12.2 Å². The van der Waals surface area contributed by atoms with Crippen LogP contribution in [0.2, 0.25) is 10.0 Å². The second-order valence-electron chi connectivity index (χ2n) is 9.81. The van der Waals surface area contributed by atoms with Crippen LogP contribution in [0.15, 0.2) is 102 Å². The molecular weight excluding hydrogens is 555 g/mol. The van der Waals surface area contributed by atoms with Gasteiger partial charge in [0.05, 0.1) is 33.3 Å². The Labute approximate surface area is 249 Å². The first-order chi connectivity index (χ1) is 19.9. The van der Waals surface area contributed by atoms with E-state index in [1.807, 2.05) is 79.7 Å². The second-order valence-corrected chi connectivity index (χ2v) is 10.7. The smallest absolute Gasteiger partial charge is 0.314 e. The van der Waals surface area contributed by atoms with Crippen LogP contribution in [0.1, 0.15) is 36.8 Å². The summed E-state index contributed by atoms with van der Waals surface area (Å²) in [5.41, 5.74) is 3.76. The zero-order chi connectivity index (χ0) is 28.9. The van der Waals surface area contributed by atoms with Crippen LogP contribution in [-0.4, -0.2) is 27.0 Å². The third-order valence-electron chi connectivity index (χ3n) is 7.16. The number of nitrogens with one attached hydrogen (secondary N) is 1. The van der Waals surface area contributed by atoms with Crippen LogP contribution in [0.3, 0.4) is 0 Å². The Balaban J connectivity index is 1.60. The third-order valence-corrected chi connectivity index (χ3v) is 7.71. The molecule has 2 amide bonds. The molecule has 1 atom stereocenters. The zero-order valence-corrected chi connectivity index (χ0v) is 24.4. The van der Waals surface area contributed by atoms with Crippen LogP contribution in [0.4, 0.5) is 10.5 Å². The fourth-order valence-electron chi connectivity index (χ4n) is 4.84. The molecule has 0 radical (unpaired) electrons. The van der Waals surface area contributed by atoms with Gasteiger partial charge in [-0.3, -0.25) is 9.36 Å². The normalized spacial score (nSPS) is 11.8. The highest BCUT2D eigenvalue weighted by Crippen LogP contribution is 2.28. The van der Waals surface area contributed by atoms with Gasteiger partial charge in [-0.15, -0.1) is 0 Å². The number of para-hydroxylation sites is 1. The molecule has 0 fully saturated rings. The molecule has 0 saturated heterocycles. The summed E-state index contributed by atoms with van der Waals surface area (Å²) in [4.78, 5) is 34.4. The van der Waals surface area contributed by atoms with Crippen molar-refractivity contribution in [1.29, 1.82) is 0 Å². The Morgan fingerprint density at radius 2 is 1.63 bits per heavy atom. The molecule has 0 spiro atoms. The van der Waals surface area contributed by atoms with E-state index < -0.39 is 6.04 Å². The highest BCUT2D eigenvalue weighted by molar-refractivity contribution is 6.36. The maximum atomic E-state index is 13.9. The minimum absolute atomic E-state index is 0.189. The molecule has 0 aliphatic carbocycles. The molecule has 5 rings (SSSR count). The molecule has 1 N–H and O–H groups in total. The number of nitrogens with zero attached hydrogens (tertiary/aromatic N) is 3. The van der Waals surface area contributed by atoms with E-state index in [9.17, 15) is 9.59 Å². The average Bonchev–Trinajstić information content (AvgIpc) is 2.99. The summed E-state index contributed by atoms with van der Waals surface area (Å²) in [5, 5.41) is 4.25. The molecule has 0 bridgehead atoms. The molecular formula is C33H30Cl2N4O2. The van der Waals surface area contributed by atoms with E-state index in [1.54, 1.807) is 33.7 Å². The van der Waals surface area contributed by atoms with Gasteiger partial charge in [0.15, 0.2) is 0 Å². The molecule has 0 aliphatic rings. The van der Waals surface area contributed by atoms with Crippen LogP contribution >= 0.6 is 23.2 Å². The van der Waals surface area contributed by atoms with Crippen molar-refractivity contribution in [3.05, 3.63) is 134 Å². The molecule has 208 valence electrons. The first-order valence-corrected chi connectivity index (χ1v) is 14.3. The van der Waals surface area contributed by atoms with E-state index in [1.165, 1.54) is 0 Å². The Morgan fingerprint density at radius 1 is 0.927 bits per heavy atom. The van der Waals surface area contributed by atoms with E-state index in [0.29, 0.717) is 51.1 Å². The molecule has 1 aromatic heterocycles. The van der Waals surface area contributed by atoms with Crippen molar-refractivity contribution in [2.45, 2.75) is 32.7 Å². The number of rotatable bonds is 8. The summed E-state index contributed by atoms with van der Waals surface area (Å²) in [6, 6.07) is 29.1. The number of hydrogen-bond donors (Lipinski definition) is 1. The standard InChI is InChI=1S/C33H30Cl2N4O2/c1-3-23-13-16-26(17-14-23)39-31(36-29-12-8-7-11-27(29)32(39)40)22(2)38(20-19-24-9-5-4-6-10-24)33(41)37-30-18-15-25(34)21-28(30)35/h4-18,21-22H,3,19-20H2,1-2H3,(H,37,41). The summed E-state index contributed by atoms with van der Waals surface area (Å²) in [6.07, 6.45) is 1.49. The van der Waals surface area contributed by atoms with Crippen molar-refractivity contribution in [2.75, 3.05) is 11.9 Å². The lowest BCUT2D eigenvalue weighted by molar-refractivity contribution is 0.190. The van der Waals surface area contributed by atoms with Crippen LogP contribution in [0, 0.1) is 0 Å². The van der Waals surface area contributed by atoms with Crippen LogP contribution in [0.5, 0.6) is 0 Å². The predicted octanol–water partition coefficient (Wildman–Crippen LogP) is 8.09. The highest BCUT2D eigenvalue weighted by Gasteiger charge is 2.27. The quantitative estimate of drug-likeness (QED) is 0.200. The number of halogens is 2. The second kappa shape index (κ2) is 12.6. The predicted molar refractivity (Wildman–Crippen MR) is 167 cm³/mol. The van der Waals surface area contributed by atoms with Gasteiger partial charge in [0.1, 0.15) is 5.82 Å². The molecule has 4 aromatic carbocycles. The number of hydrogen-bond acceptors (Lipinski definition) is 3. The SMILES string of the molecule is CCc1ccc(-n2c(C(C)N(CCc3ccccc3)C(=O)Nc3ccc(Cl)cc3Cl)nc3ccccc3c2=O)cc1.